The zero-order chi connectivity index (χ0) is 21.0. The fourth-order valence-electron chi connectivity index (χ4n) is 4.52. The number of fused-ring (bicyclic) bond motifs is 5. The van der Waals surface area contributed by atoms with Crippen molar-refractivity contribution >= 4 is 5.90 Å². The van der Waals surface area contributed by atoms with Crippen LogP contribution in [0.15, 0.2) is 60.0 Å². The first kappa shape index (κ1) is 18.1. The third kappa shape index (κ3) is 2.74. The molecule has 8 nitrogen and oxygen atoms in total. The number of imidazole rings is 1. The van der Waals surface area contributed by atoms with Gasteiger partial charge in [0.2, 0.25) is 5.90 Å². The van der Waals surface area contributed by atoms with Crippen molar-refractivity contribution < 1.29 is 9.47 Å². The van der Waals surface area contributed by atoms with Gasteiger partial charge in [-0.05, 0) is 18.6 Å². The average molecular weight is 414 g/mol. The first-order chi connectivity index (χ1) is 15.2. The van der Waals surface area contributed by atoms with E-state index in [0.717, 1.165) is 40.6 Å². The van der Waals surface area contributed by atoms with Crippen molar-refractivity contribution in [2.75, 3.05) is 13.7 Å². The fraction of sp³-hybridized carbons (Fsp3) is 0.304. The number of benzene rings is 1. The van der Waals surface area contributed by atoms with Gasteiger partial charge in [0.15, 0.2) is 0 Å². The lowest BCUT2D eigenvalue weighted by Crippen LogP contribution is -2.30. The average Bonchev–Trinajstić information content (AvgIpc) is 3.53. The van der Waals surface area contributed by atoms with Gasteiger partial charge in [0.1, 0.15) is 24.4 Å². The Labute approximate surface area is 179 Å². The van der Waals surface area contributed by atoms with Gasteiger partial charge in [0, 0.05) is 17.9 Å². The van der Waals surface area contributed by atoms with Gasteiger partial charge in [-0.2, -0.15) is 0 Å². The lowest BCUT2D eigenvalue weighted by molar-refractivity contribution is 0.243. The first-order valence-corrected chi connectivity index (χ1v) is 10.4. The molecule has 6 rings (SSSR count). The molecule has 0 radical (unpaired) electrons. The number of hydrogen-bond acceptors (Lipinski definition) is 6. The molecule has 1 aromatic carbocycles. The number of ether oxygens (including phenoxy) is 2. The molecule has 2 aromatic heterocycles. The summed E-state index contributed by atoms with van der Waals surface area (Å²) in [4.78, 5) is 9.68. The Hall–Kier alpha value is -3.68. The minimum atomic E-state index is -0.0428. The van der Waals surface area contributed by atoms with E-state index in [2.05, 4.69) is 46.1 Å². The Bertz CT molecular complexity index is 1270. The molecule has 0 fully saturated rings. The predicted octanol–water partition coefficient (Wildman–Crippen LogP) is 3.03. The van der Waals surface area contributed by atoms with Crippen molar-refractivity contribution in [3.05, 3.63) is 72.1 Å². The van der Waals surface area contributed by atoms with Crippen LogP contribution < -0.4 is 4.74 Å². The van der Waals surface area contributed by atoms with Gasteiger partial charge in [0.25, 0.3) is 0 Å². The maximum atomic E-state index is 6.09. The summed E-state index contributed by atoms with van der Waals surface area (Å²) in [6.45, 7) is 2.79. The summed E-state index contributed by atoms with van der Waals surface area (Å²) in [5.74, 6) is 1.37. The SMILES string of the molecule is COc1ccc2c(c1)-n1nncc1Cc1c(C3=N[C@H](C4(C)C=CC=CC4)CO3)ncn1-2. The van der Waals surface area contributed by atoms with Gasteiger partial charge in [-0.1, -0.05) is 36.4 Å². The molecule has 0 amide bonds. The van der Waals surface area contributed by atoms with E-state index in [1.165, 1.54) is 0 Å². The van der Waals surface area contributed by atoms with Crippen LogP contribution in [0.25, 0.3) is 11.4 Å². The van der Waals surface area contributed by atoms with Crippen molar-refractivity contribution in [2.45, 2.75) is 25.8 Å². The summed E-state index contributed by atoms with van der Waals surface area (Å²) in [5.41, 5.74) is 4.57. The molecule has 3 aliphatic rings. The third-order valence-corrected chi connectivity index (χ3v) is 6.40. The second-order valence-electron chi connectivity index (χ2n) is 8.34. The predicted molar refractivity (Wildman–Crippen MR) is 115 cm³/mol. The van der Waals surface area contributed by atoms with Crippen LogP contribution in [0.4, 0.5) is 0 Å². The lowest BCUT2D eigenvalue weighted by Gasteiger charge is -2.29. The van der Waals surface area contributed by atoms with Gasteiger partial charge in [0.05, 0.1) is 42.1 Å². The molecule has 0 spiro atoms. The highest BCUT2D eigenvalue weighted by Crippen LogP contribution is 2.37. The smallest absolute Gasteiger partial charge is 0.237 e. The molecule has 3 aromatic rings. The quantitative estimate of drug-likeness (QED) is 0.515. The van der Waals surface area contributed by atoms with E-state index in [1.807, 2.05) is 29.2 Å². The summed E-state index contributed by atoms with van der Waals surface area (Å²) in [6.07, 6.45) is 13.8. The van der Waals surface area contributed by atoms with E-state index in [9.17, 15) is 0 Å². The maximum Gasteiger partial charge on any atom is 0.237 e. The summed E-state index contributed by atoms with van der Waals surface area (Å²) in [7, 11) is 1.66. The van der Waals surface area contributed by atoms with Crippen molar-refractivity contribution in [3.63, 3.8) is 0 Å². The maximum absolute atomic E-state index is 6.09. The van der Waals surface area contributed by atoms with Gasteiger partial charge >= 0.3 is 0 Å². The summed E-state index contributed by atoms with van der Waals surface area (Å²) in [6, 6.07) is 5.98. The van der Waals surface area contributed by atoms with Gasteiger partial charge in [-0.3, -0.25) is 4.57 Å². The number of aromatic nitrogens is 5. The zero-order valence-electron chi connectivity index (χ0n) is 17.4. The topological polar surface area (TPSA) is 79.3 Å². The number of nitrogens with zero attached hydrogens (tertiary/aromatic N) is 6. The van der Waals surface area contributed by atoms with Crippen LogP contribution in [0.5, 0.6) is 5.75 Å². The summed E-state index contributed by atoms with van der Waals surface area (Å²) in [5, 5.41) is 8.44. The Morgan fingerprint density at radius 1 is 1.23 bits per heavy atom. The molecule has 0 bridgehead atoms. The van der Waals surface area contributed by atoms with Gasteiger partial charge < -0.3 is 9.47 Å². The summed E-state index contributed by atoms with van der Waals surface area (Å²) < 4.78 is 15.5. The molecular weight excluding hydrogens is 392 g/mol. The molecule has 31 heavy (non-hydrogen) atoms. The van der Waals surface area contributed by atoms with Crippen molar-refractivity contribution in [2.24, 2.45) is 10.4 Å². The fourth-order valence-corrected chi connectivity index (χ4v) is 4.52. The number of allylic oxidation sites excluding steroid dienone is 3. The molecule has 2 aliphatic heterocycles. The second kappa shape index (κ2) is 6.66. The second-order valence-corrected chi connectivity index (χ2v) is 8.34. The monoisotopic (exact) mass is 414 g/mol. The molecule has 0 N–H and O–H groups in total. The Morgan fingerprint density at radius 3 is 3.00 bits per heavy atom. The highest BCUT2D eigenvalue weighted by molar-refractivity contribution is 5.95. The third-order valence-electron chi connectivity index (χ3n) is 6.40. The van der Waals surface area contributed by atoms with Crippen molar-refractivity contribution in [3.8, 4) is 17.1 Å². The Morgan fingerprint density at radius 2 is 2.16 bits per heavy atom. The molecular formula is C23H22N6O2. The molecule has 0 saturated heterocycles. The molecule has 156 valence electrons. The van der Waals surface area contributed by atoms with Crippen LogP contribution in [-0.4, -0.2) is 50.2 Å². The molecule has 1 unspecified atom stereocenters. The highest BCUT2D eigenvalue weighted by atomic mass is 16.5. The first-order valence-electron chi connectivity index (χ1n) is 10.4. The normalized spacial score (nSPS) is 23.4. The molecule has 4 heterocycles. The van der Waals surface area contributed by atoms with Crippen LogP contribution in [0.3, 0.4) is 0 Å². The van der Waals surface area contributed by atoms with E-state index in [4.69, 9.17) is 19.5 Å². The van der Waals surface area contributed by atoms with E-state index in [1.54, 1.807) is 13.3 Å². The van der Waals surface area contributed by atoms with E-state index >= 15 is 0 Å². The lowest BCUT2D eigenvalue weighted by atomic mass is 9.77. The summed E-state index contributed by atoms with van der Waals surface area (Å²) >= 11 is 0. The molecule has 0 saturated carbocycles. The largest absolute Gasteiger partial charge is 0.497 e. The Kier molecular flexibility index (Phi) is 3.89. The molecule has 1 aliphatic carbocycles. The number of rotatable bonds is 3. The van der Waals surface area contributed by atoms with E-state index < -0.39 is 0 Å². The van der Waals surface area contributed by atoms with Gasteiger partial charge in [-0.15, -0.1) is 5.10 Å². The Balaban J connectivity index is 1.45. The molecule has 2 atom stereocenters. The number of hydrogen-bond donors (Lipinski definition) is 0. The van der Waals surface area contributed by atoms with Crippen LogP contribution in [0.1, 0.15) is 30.4 Å². The van der Waals surface area contributed by atoms with Gasteiger partial charge in [-0.25, -0.2) is 14.7 Å². The standard InChI is InChI=1S/C23H22N6O2/c1-23(8-4-3-5-9-23)20-13-31-22(26-20)21-19-10-15-12-25-27-29(15)18-11-16(30-2)6-7-17(18)28(19)14-24-21/h3-8,11-12,14,20H,9-10,13H2,1-2H3/t20-,23?/m0/s1. The van der Waals surface area contributed by atoms with Crippen LogP contribution >= 0.6 is 0 Å². The van der Waals surface area contributed by atoms with Crippen molar-refractivity contribution in [1.29, 1.82) is 0 Å². The molecule has 8 heteroatoms. The van der Waals surface area contributed by atoms with Crippen molar-refractivity contribution in [1.82, 2.24) is 24.5 Å². The van der Waals surface area contributed by atoms with Crippen LogP contribution in [-0.2, 0) is 11.2 Å². The van der Waals surface area contributed by atoms with Crippen LogP contribution in [0.2, 0.25) is 0 Å². The van der Waals surface area contributed by atoms with E-state index in [0.29, 0.717) is 18.9 Å². The zero-order valence-corrected chi connectivity index (χ0v) is 17.4. The highest BCUT2D eigenvalue weighted by Gasteiger charge is 2.38. The number of aliphatic imine (C=N–C) groups is 1. The number of methoxy groups -OCH3 is 1. The minimum Gasteiger partial charge on any atom is -0.497 e. The van der Waals surface area contributed by atoms with Crippen LogP contribution in [0, 0.1) is 5.41 Å². The minimum absolute atomic E-state index is 0.0428. The van der Waals surface area contributed by atoms with E-state index in [-0.39, 0.29) is 11.5 Å².